The molecule has 16 heavy (non-hydrogen) atoms. The molecule has 0 amide bonds. The van der Waals surface area contributed by atoms with Crippen LogP contribution >= 0.6 is 0 Å². The molecule has 3 nitrogen and oxygen atoms in total. The first-order valence-electron chi connectivity index (χ1n) is 6.09. The van der Waals surface area contributed by atoms with Crippen molar-refractivity contribution < 1.29 is 4.74 Å². The topological polar surface area (TPSA) is 34.1 Å². The Kier molecular flexibility index (Phi) is 4.17. The highest BCUT2D eigenvalue weighted by Gasteiger charge is 2.13. The molecule has 0 aromatic carbocycles. The van der Waals surface area contributed by atoms with E-state index in [0.29, 0.717) is 0 Å². The van der Waals surface area contributed by atoms with Gasteiger partial charge in [-0.2, -0.15) is 0 Å². The number of hydrogen-bond donors (Lipinski definition) is 1. The van der Waals surface area contributed by atoms with E-state index in [1.165, 1.54) is 25.0 Å². The second-order valence-electron chi connectivity index (χ2n) is 4.40. The zero-order chi connectivity index (χ0) is 11.2. The Morgan fingerprint density at radius 3 is 3.06 bits per heavy atom. The summed E-state index contributed by atoms with van der Waals surface area (Å²) in [5.41, 5.74) is 2.28. The first-order valence-corrected chi connectivity index (χ1v) is 6.09. The summed E-state index contributed by atoms with van der Waals surface area (Å²) in [7, 11) is 1.92. The van der Waals surface area contributed by atoms with E-state index in [1.54, 1.807) is 0 Å². The molecule has 0 aliphatic carbocycles. The first kappa shape index (κ1) is 11.4. The van der Waals surface area contributed by atoms with Crippen LogP contribution in [-0.4, -0.2) is 25.2 Å². The number of anilines is 1. The van der Waals surface area contributed by atoms with Crippen LogP contribution in [0.1, 0.15) is 25.0 Å². The molecule has 1 saturated heterocycles. The van der Waals surface area contributed by atoms with Crippen LogP contribution in [0.5, 0.6) is 0 Å². The van der Waals surface area contributed by atoms with Gasteiger partial charge in [-0.15, -0.1) is 0 Å². The van der Waals surface area contributed by atoms with E-state index in [-0.39, 0.29) is 0 Å². The third-order valence-corrected chi connectivity index (χ3v) is 3.18. The molecule has 1 aromatic heterocycles. The quantitative estimate of drug-likeness (QED) is 0.849. The van der Waals surface area contributed by atoms with Crippen molar-refractivity contribution in [3.05, 3.63) is 24.0 Å². The Balaban J connectivity index is 1.91. The van der Waals surface area contributed by atoms with Crippen molar-refractivity contribution in [2.45, 2.75) is 25.7 Å². The smallest absolute Gasteiger partial charge is 0.0524 e. The second kappa shape index (κ2) is 5.85. The van der Waals surface area contributed by atoms with Gasteiger partial charge in [0.15, 0.2) is 0 Å². The van der Waals surface area contributed by atoms with E-state index in [9.17, 15) is 0 Å². The number of aromatic nitrogens is 1. The molecular weight excluding hydrogens is 200 g/mol. The zero-order valence-electron chi connectivity index (χ0n) is 9.91. The lowest BCUT2D eigenvalue weighted by atomic mass is 9.95. The third-order valence-electron chi connectivity index (χ3n) is 3.18. The molecule has 0 saturated carbocycles. The normalized spacial score (nSPS) is 21.4. The molecule has 1 N–H and O–H groups in total. The molecule has 3 heteroatoms. The lowest BCUT2D eigenvalue weighted by Crippen LogP contribution is -2.06. The summed E-state index contributed by atoms with van der Waals surface area (Å²) < 4.78 is 5.47. The number of nitrogens with one attached hydrogen (secondary N) is 1. The lowest BCUT2D eigenvalue weighted by molar-refractivity contribution is 0.141. The number of nitrogens with zero attached hydrogens (tertiary/aromatic N) is 1. The van der Waals surface area contributed by atoms with Gasteiger partial charge >= 0.3 is 0 Å². The molecule has 0 radical (unpaired) electrons. The summed E-state index contributed by atoms with van der Waals surface area (Å²) in [6.45, 7) is 1.85. The number of pyridine rings is 1. The van der Waals surface area contributed by atoms with Gasteiger partial charge < -0.3 is 10.1 Å². The Morgan fingerprint density at radius 1 is 1.38 bits per heavy atom. The van der Waals surface area contributed by atoms with Crippen LogP contribution in [-0.2, 0) is 11.2 Å². The number of rotatable bonds is 3. The molecule has 2 heterocycles. The van der Waals surface area contributed by atoms with Gasteiger partial charge in [-0.3, -0.25) is 4.98 Å². The van der Waals surface area contributed by atoms with E-state index >= 15 is 0 Å². The van der Waals surface area contributed by atoms with Crippen LogP contribution in [0.2, 0.25) is 0 Å². The fourth-order valence-electron chi connectivity index (χ4n) is 2.16. The molecular formula is C13H20N2O. The van der Waals surface area contributed by atoms with Gasteiger partial charge in [0, 0.05) is 26.0 Å². The fraction of sp³-hybridized carbons (Fsp3) is 0.615. The number of ether oxygens (including phenoxy) is 1. The van der Waals surface area contributed by atoms with E-state index in [0.717, 1.165) is 31.2 Å². The molecule has 88 valence electrons. The van der Waals surface area contributed by atoms with Crippen molar-refractivity contribution in [3.63, 3.8) is 0 Å². The van der Waals surface area contributed by atoms with Crippen LogP contribution in [0.15, 0.2) is 18.3 Å². The summed E-state index contributed by atoms with van der Waals surface area (Å²) in [5.74, 6) is 0.746. The summed E-state index contributed by atoms with van der Waals surface area (Å²) >= 11 is 0. The highest BCUT2D eigenvalue weighted by Crippen LogP contribution is 2.20. The van der Waals surface area contributed by atoms with Gasteiger partial charge in [-0.1, -0.05) is 0 Å². The summed E-state index contributed by atoms with van der Waals surface area (Å²) in [4.78, 5) is 4.47. The minimum atomic E-state index is 0.746. The van der Waals surface area contributed by atoms with E-state index < -0.39 is 0 Å². The zero-order valence-corrected chi connectivity index (χ0v) is 9.91. The van der Waals surface area contributed by atoms with Crippen LogP contribution in [0.25, 0.3) is 0 Å². The second-order valence-corrected chi connectivity index (χ2v) is 4.40. The highest BCUT2D eigenvalue weighted by atomic mass is 16.5. The Hall–Kier alpha value is -1.09. The molecule has 1 unspecified atom stereocenters. The average molecular weight is 220 g/mol. The van der Waals surface area contributed by atoms with Crippen LogP contribution < -0.4 is 5.32 Å². The molecule has 1 aliphatic heterocycles. The van der Waals surface area contributed by atoms with Crippen molar-refractivity contribution in [1.29, 1.82) is 0 Å². The van der Waals surface area contributed by atoms with Crippen molar-refractivity contribution in [2.24, 2.45) is 5.92 Å². The Morgan fingerprint density at radius 2 is 2.31 bits per heavy atom. The van der Waals surface area contributed by atoms with E-state index in [4.69, 9.17) is 4.74 Å². The first-order chi connectivity index (χ1) is 7.88. The molecule has 1 fully saturated rings. The molecule has 1 atom stereocenters. The molecule has 2 rings (SSSR count). The lowest BCUT2D eigenvalue weighted by Gasteiger charge is -2.12. The molecule has 0 spiro atoms. The predicted molar refractivity (Wildman–Crippen MR) is 65.6 cm³/mol. The van der Waals surface area contributed by atoms with Gasteiger partial charge in [-0.05, 0) is 43.7 Å². The van der Waals surface area contributed by atoms with Crippen LogP contribution in [0, 0.1) is 5.92 Å². The minimum absolute atomic E-state index is 0.746. The van der Waals surface area contributed by atoms with Gasteiger partial charge in [0.2, 0.25) is 0 Å². The maximum atomic E-state index is 5.47. The van der Waals surface area contributed by atoms with Crippen LogP contribution in [0.4, 0.5) is 5.69 Å². The average Bonchev–Trinajstić information content (AvgIpc) is 2.59. The monoisotopic (exact) mass is 220 g/mol. The van der Waals surface area contributed by atoms with E-state index in [1.807, 2.05) is 13.2 Å². The van der Waals surface area contributed by atoms with Gasteiger partial charge in [0.05, 0.1) is 11.9 Å². The summed E-state index contributed by atoms with van der Waals surface area (Å²) in [6, 6.07) is 4.22. The maximum absolute atomic E-state index is 5.47. The van der Waals surface area contributed by atoms with Crippen molar-refractivity contribution in [3.8, 4) is 0 Å². The third kappa shape index (κ3) is 3.20. The van der Waals surface area contributed by atoms with Gasteiger partial charge in [0.1, 0.15) is 0 Å². The maximum Gasteiger partial charge on any atom is 0.0524 e. The minimum Gasteiger partial charge on any atom is -0.387 e. The van der Waals surface area contributed by atoms with Crippen LogP contribution in [0.3, 0.4) is 0 Å². The standard InChI is InChI=1S/C13H20N2O/c1-14-13-5-4-12(15-10-13)9-11-3-2-7-16-8-6-11/h4-5,10-11,14H,2-3,6-9H2,1H3. The number of hydrogen-bond acceptors (Lipinski definition) is 3. The van der Waals surface area contributed by atoms with Gasteiger partial charge in [-0.25, -0.2) is 0 Å². The Labute approximate surface area is 97.2 Å². The summed E-state index contributed by atoms with van der Waals surface area (Å²) in [5, 5.41) is 3.09. The highest BCUT2D eigenvalue weighted by molar-refractivity contribution is 5.39. The van der Waals surface area contributed by atoms with Gasteiger partial charge in [0.25, 0.3) is 0 Å². The SMILES string of the molecule is CNc1ccc(CC2CCCOCC2)nc1. The summed E-state index contributed by atoms with van der Waals surface area (Å²) in [6.07, 6.45) is 6.64. The molecule has 1 aliphatic rings. The molecule has 0 bridgehead atoms. The fourth-order valence-corrected chi connectivity index (χ4v) is 2.16. The molecule has 1 aromatic rings. The predicted octanol–water partition coefficient (Wildman–Crippen LogP) is 2.48. The van der Waals surface area contributed by atoms with Crippen molar-refractivity contribution in [1.82, 2.24) is 4.98 Å². The van der Waals surface area contributed by atoms with Crippen molar-refractivity contribution in [2.75, 3.05) is 25.6 Å². The van der Waals surface area contributed by atoms with Crippen molar-refractivity contribution >= 4 is 5.69 Å². The Bertz CT molecular complexity index is 302. The largest absolute Gasteiger partial charge is 0.387 e. The van der Waals surface area contributed by atoms with E-state index in [2.05, 4.69) is 22.4 Å².